The van der Waals surface area contributed by atoms with E-state index in [-0.39, 0.29) is 16.9 Å². The van der Waals surface area contributed by atoms with Gasteiger partial charge in [-0.25, -0.2) is 9.78 Å². The zero-order valence-electron chi connectivity index (χ0n) is 19.2. The Bertz CT molecular complexity index is 1630. The Balaban J connectivity index is 1.42. The predicted octanol–water partition coefficient (Wildman–Crippen LogP) is 5.78. The maximum absolute atomic E-state index is 12.8. The van der Waals surface area contributed by atoms with E-state index in [0.29, 0.717) is 45.3 Å². The topological polar surface area (TPSA) is 123 Å². The second-order valence-corrected chi connectivity index (χ2v) is 10.5. The number of aromatic amines is 2. The molecule has 2 amide bonds. The Labute approximate surface area is 225 Å². The average molecular weight is 554 g/mol. The summed E-state index contributed by atoms with van der Waals surface area (Å²) in [4.78, 5) is 35.9. The van der Waals surface area contributed by atoms with Crippen molar-refractivity contribution >= 4 is 51.5 Å². The molecule has 0 aliphatic heterocycles. The molecule has 2 aromatic carbocycles. The van der Waals surface area contributed by atoms with E-state index < -0.39 is 11.6 Å². The molecule has 0 spiro atoms. The number of nitrogens with zero attached hydrogens (tertiary/aromatic N) is 1. The maximum Gasteiger partial charge on any atom is 0.315 e. The van der Waals surface area contributed by atoms with Crippen LogP contribution < -0.4 is 16.2 Å². The predicted molar refractivity (Wildman–Crippen MR) is 146 cm³/mol. The Morgan fingerprint density at radius 3 is 2.62 bits per heavy atom. The van der Waals surface area contributed by atoms with Gasteiger partial charge in [0.15, 0.2) is 0 Å². The summed E-state index contributed by atoms with van der Waals surface area (Å²) in [5.41, 5.74) is 2.20. The van der Waals surface area contributed by atoms with Gasteiger partial charge in [-0.2, -0.15) is 0 Å². The van der Waals surface area contributed by atoms with Crippen LogP contribution in [0.1, 0.15) is 22.3 Å². The fraction of sp³-hybridized carbons (Fsp3) is 0.115. The van der Waals surface area contributed by atoms with Crippen molar-refractivity contribution in [1.82, 2.24) is 25.6 Å². The quantitative estimate of drug-likeness (QED) is 0.175. The lowest BCUT2D eigenvalue weighted by Gasteiger charge is -2.17. The molecule has 8 nitrogen and oxygen atoms in total. The number of nitrogens with one attached hydrogen (secondary N) is 4. The molecule has 0 bridgehead atoms. The van der Waals surface area contributed by atoms with E-state index in [1.54, 1.807) is 24.3 Å². The van der Waals surface area contributed by atoms with Gasteiger partial charge in [0, 0.05) is 21.9 Å². The highest BCUT2D eigenvalue weighted by molar-refractivity contribution is 7.16. The normalized spacial score (nSPS) is 11.9. The average Bonchev–Trinajstić information content (AvgIpc) is 3.48. The lowest BCUT2D eigenvalue weighted by molar-refractivity contribution is 0.236. The smallest absolute Gasteiger partial charge is 0.315 e. The third-order valence-electron chi connectivity index (χ3n) is 5.74. The number of fused-ring (bicyclic) bond motifs is 1. The summed E-state index contributed by atoms with van der Waals surface area (Å²) in [6.07, 6.45) is 0.474. The SMILES string of the molecule is O=C(NCc1ccc(Cl)s1)N[C@@H](Cc1ccccc1)c1nc(-c2ccc3[nH]c(=O)cc(O)c3c2)c(Cl)[nH]1. The first-order valence-corrected chi connectivity index (χ1v) is 12.9. The van der Waals surface area contributed by atoms with Crippen LogP contribution in [0.25, 0.3) is 22.2 Å². The van der Waals surface area contributed by atoms with Crippen LogP contribution in [-0.2, 0) is 13.0 Å². The Kier molecular flexibility index (Phi) is 7.18. The lowest BCUT2D eigenvalue weighted by Crippen LogP contribution is -2.38. The van der Waals surface area contributed by atoms with Crippen LogP contribution >= 0.6 is 34.5 Å². The molecule has 5 N–H and O–H groups in total. The summed E-state index contributed by atoms with van der Waals surface area (Å²) < 4.78 is 0.658. The number of H-pyrrole nitrogens is 2. The number of imidazole rings is 1. The van der Waals surface area contributed by atoms with Gasteiger partial charge in [-0.1, -0.05) is 59.6 Å². The highest BCUT2D eigenvalue weighted by Gasteiger charge is 2.22. The number of aromatic hydroxyl groups is 1. The molecule has 3 heterocycles. The number of urea groups is 1. The first-order valence-electron chi connectivity index (χ1n) is 11.3. The molecular formula is C26H21Cl2N5O3S. The highest BCUT2D eigenvalue weighted by Crippen LogP contribution is 2.32. The molecule has 1 atom stereocenters. The van der Waals surface area contributed by atoms with Gasteiger partial charge in [0.1, 0.15) is 22.4 Å². The van der Waals surface area contributed by atoms with E-state index in [2.05, 4.69) is 20.6 Å². The largest absolute Gasteiger partial charge is 0.507 e. The molecule has 0 saturated heterocycles. The standard InChI is InChI=1S/C26H21Cl2N5O3S/c27-21-9-7-16(37-21)13-29-26(36)31-19(10-14-4-2-1-3-5-14)25-32-23(24(28)33-25)15-6-8-18-17(11-15)20(34)12-22(35)30-18/h1-9,11-12,19H,10,13H2,(H,32,33)(H2,29,31,36)(H2,30,34,35)/t19-/m0/s1. The fourth-order valence-corrected chi connectivity index (χ4v) is 5.27. The first kappa shape index (κ1) is 24.9. The number of benzene rings is 2. The van der Waals surface area contributed by atoms with Gasteiger partial charge in [-0.05, 0) is 36.2 Å². The van der Waals surface area contributed by atoms with Crippen LogP contribution in [0.4, 0.5) is 4.79 Å². The van der Waals surface area contributed by atoms with E-state index >= 15 is 0 Å². The second-order valence-electron chi connectivity index (χ2n) is 8.34. The number of hydrogen-bond acceptors (Lipinski definition) is 5. The van der Waals surface area contributed by atoms with Crippen molar-refractivity contribution in [2.75, 3.05) is 0 Å². The summed E-state index contributed by atoms with van der Waals surface area (Å²) in [6, 6.07) is 18.8. The fourth-order valence-electron chi connectivity index (χ4n) is 4.00. The van der Waals surface area contributed by atoms with Crippen molar-refractivity contribution in [3.05, 3.63) is 103 Å². The van der Waals surface area contributed by atoms with Crippen molar-refractivity contribution in [1.29, 1.82) is 0 Å². The summed E-state index contributed by atoms with van der Waals surface area (Å²) in [5, 5.41) is 16.8. The summed E-state index contributed by atoms with van der Waals surface area (Å²) in [5.74, 6) is 0.337. The van der Waals surface area contributed by atoms with Crippen LogP contribution in [-0.4, -0.2) is 26.1 Å². The minimum atomic E-state index is -0.509. The first-order chi connectivity index (χ1) is 17.9. The van der Waals surface area contributed by atoms with Crippen LogP contribution in [0.5, 0.6) is 5.75 Å². The number of rotatable bonds is 7. The molecule has 0 unspecified atom stereocenters. The molecule has 3 aromatic heterocycles. The number of thiophene rings is 1. The molecule has 0 aliphatic carbocycles. The van der Waals surface area contributed by atoms with Crippen LogP contribution in [0.3, 0.4) is 0 Å². The van der Waals surface area contributed by atoms with E-state index in [9.17, 15) is 14.7 Å². The van der Waals surface area contributed by atoms with E-state index in [1.807, 2.05) is 36.4 Å². The third kappa shape index (κ3) is 5.80. The Morgan fingerprint density at radius 2 is 1.86 bits per heavy atom. The summed E-state index contributed by atoms with van der Waals surface area (Å²) in [6.45, 7) is 0.341. The summed E-state index contributed by atoms with van der Waals surface area (Å²) >= 11 is 13.9. The van der Waals surface area contributed by atoms with Gasteiger partial charge in [0.05, 0.1) is 22.4 Å². The van der Waals surface area contributed by atoms with Crippen LogP contribution in [0.15, 0.2) is 71.5 Å². The molecular weight excluding hydrogens is 533 g/mol. The van der Waals surface area contributed by atoms with Gasteiger partial charge in [-0.15, -0.1) is 11.3 Å². The minimum absolute atomic E-state index is 0.139. The Hall–Kier alpha value is -3.79. The molecule has 0 aliphatic rings. The monoisotopic (exact) mass is 553 g/mol. The van der Waals surface area contributed by atoms with E-state index in [0.717, 1.165) is 16.5 Å². The zero-order chi connectivity index (χ0) is 25.9. The van der Waals surface area contributed by atoms with E-state index in [4.69, 9.17) is 28.2 Å². The van der Waals surface area contributed by atoms with Gasteiger partial charge in [0.25, 0.3) is 5.56 Å². The molecule has 0 radical (unpaired) electrons. The molecule has 11 heteroatoms. The van der Waals surface area contributed by atoms with Gasteiger partial charge in [-0.3, -0.25) is 4.79 Å². The van der Waals surface area contributed by atoms with Crippen molar-refractivity contribution in [3.8, 4) is 17.0 Å². The molecule has 5 aromatic rings. The minimum Gasteiger partial charge on any atom is -0.507 e. The van der Waals surface area contributed by atoms with Crippen molar-refractivity contribution in [3.63, 3.8) is 0 Å². The van der Waals surface area contributed by atoms with Crippen molar-refractivity contribution < 1.29 is 9.90 Å². The van der Waals surface area contributed by atoms with Gasteiger partial charge >= 0.3 is 6.03 Å². The van der Waals surface area contributed by atoms with Crippen molar-refractivity contribution in [2.45, 2.75) is 19.0 Å². The van der Waals surface area contributed by atoms with Crippen LogP contribution in [0, 0.1) is 0 Å². The lowest BCUT2D eigenvalue weighted by atomic mass is 10.1. The highest BCUT2D eigenvalue weighted by atomic mass is 35.5. The van der Waals surface area contributed by atoms with Gasteiger partial charge < -0.3 is 25.7 Å². The Morgan fingerprint density at radius 1 is 1.05 bits per heavy atom. The molecule has 5 rings (SSSR count). The van der Waals surface area contributed by atoms with E-state index in [1.165, 1.54) is 11.3 Å². The number of aromatic nitrogens is 3. The number of carbonyl (C=O) groups is 1. The number of carbonyl (C=O) groups excluding carboxylic acids is 1. The van der Waals surface area contributed by atoms with Crippen molar-refractivity contribution in [2.24, 2.45) is 0 Å². The number of pyridine rings is 1. The molecule has 0 fully saturated rings. The number of amides is 2. The number of halogens is 2. The molecule has 188 valence electrons. The molecule has 37 heavy (non-hydrogen) atoms. The van der Waals surface area contributed by atoms with Crippen LogP contribution in [0.2, 0.25) is 9.49 Å². The van der Waals surface area contributed by atoms with Gasteiger partial charge in [0.2, 0.25) is 0 Å². The zero-order valence-corrected chi connectivity index (χ0v) is 21.5. The number of hydrogen-bond donors (Lipinski definition) is 5. The third-order valence-corrected chi connectivity index (χ3v) is 7.25. The molecule has 0 saturated carbocycles. The second kappa shape index (κ2) is 10.7. The maximum atomic E-state index is 12.8. The summed E-state index contributed by atoms with van der Waals surface area (Å²) in [7, 11) is 0.